The Balaban J connectivity index is 1.50. The van der Waals surface area contributed by atoms with Gasteiger partial charge >= 0.3 is 0 Å². The van der Waals surface area contributed by atoms with Crippen LogP contribution < -0.4 is 19.5 Å². The molecule has 3 aromatic rings. The van der Waals surface area contributed by atoms with Crippen LogP contribution in [0.2, 0.25) is 0 Å². The lowest BCUT2D eigenvalue weighted by Crippen LogP contribution is -2.28. The molecule has 0 spiro atoms. The van der Waals surface area contributed by atoms with Crippen LogP contribution in [-0.2, 0) is 11.3 Å². The van der Waals surface area contributed by atoms with Crippen molar-refractivity contribution >= 4 is 17.2 Å². The van der Waals surface area contributed by atoms with E-state index in [4.69, 9.17) is 18.7 Å². The highest BCUT2D eigenvalue weighted by Crippen LogP contribution is 2.27. The number of rotatable bonds is 8. The van der Waals surface area contributed by atoms with Crippen LogP contribution in [-0.4, -0.2) is 36.9 Å². The van der Waals surface area contributed by atoms with Crippen molar-refractivity contribution in [1.82, 2.24) is 15.5 Å². The number of hydrogen-bond donors (Lipinski definition) is 1. The number of methoxy groups -OCH3 is 2. The van der Waals surface area contributed by atoms with Gasteiger partial charge in [-0.3, -0.25) is 4.79 Å². The number of thiophene rings is 1. The summed E-state index contributed by atoms with van der Waals surface area (Å²) < 4.78 is 20.9. The SMILES string of the molecule is COc1cc(OC)cc(OCC(=O)NCc2nc(-c3cccs3)no2)c1. The van der Waals surface area contributed by atoms with Crippen LogP contribution >= 0.6 is 11.3 Å². The zero-order valence-electron chi connectivity index (χ0n) is 14.2. The van der Waals surface area contributed by atoms with Crippen LogP contribution in [0.4, 0.5) is 0 Å². The van der Waals surface area contributed by atoms with Gasteiger partial charge < -0.3 is 24.1 Å². The number of benzene rings is 1. The van der Waals surface area contributed by atoms with E-state index in [9.17, 15) is 4.79 Å². The zero-order chi connectivity index (χ0) is 18.4. The highest BCUT2D eigenvalue weighted by molar-refractivity contribution is 7.13. The Morgan fingerprint density at radius 1 is 1.19 bits per heavy atom. The second-order valence-electron chi connectivity index (χ2n) is 5.10. The fraction of sp³-hybridized carbons (Fsp3) is 0.235. The van der Waals surface area contributed by atoms with E-state index in [1.54, 1.807) is 32.4 Å². The number of aromatic nitrogens is 2. The normalized spacial score (nSPS) is 10.4. The van der Waals surface area contributed by atoms with Gasteiger partial charge in [0.2, 0.25) is 11.7 Å². The van der Waals surface area contributed by atoms with E-state index in [-0.39, 0.29) is 19.1 Å². The molecular formula is C17H17N3O5S. The van der Waals surface area contributed by atoms with Gasteiger partial charge in [0, 0.05) is 18.2 Å². The van der Waals surface area contributed by atoms with Crippen molar-refractivity contribution in [2.45, 2.75) is 6.54 Å². The number of carbonyl (C=O) groups excluding carboxylic acids is 1. The molecule has 0 bridgehead atoms. The Morgan fingerprint density at radius 2 is 1.92 bits per heavy atom. The Morgan fingerprint density at radius 3 is 2.58 bits per heavy atom. The van der Waals surface area contributed by atoms with E-state index in [0.29, 0.717) is 29.0 Å². The molecular weight excluding hydrogens is 358 g/mol. The maximum absolute atomic E-state index is 11.9. The molecule has 0 aliphatic rings. The second kappa shape index (κ2) is 8.34. The van der Waals surface area contributed by atoms with Crippen molar-refractivity contribution in [3.05, 3.63) is 41.6 Å². The predicted octanol–water partition coefficient (Wildman–Crippen LogP) is 2.51. The van der Waals surface area contributed by atoms with E-state index >= 15 is 0 Å². The molecule has 2 aromatic heterocycles. The smallest absolute Gasteiger partial charge is 0.258 e. The summed E-state index contributed by atoms with van der Waals surface area (Å²) in [5.41, 5.74) is 0. The molecule has 0 atom stereocenters. The first kappa shape index (κ1) is 17.7. The van der Waals surface area contributed by atoms with E-state index in [0.717, 1.165) is 4.88 Å². The van der Waals surface area contributed by atoms with Gasteiger partial charge in [-0.1, -0.05) is 11.2 Å². The highest BCUT2D eigenvalue weighted by atomic mass is 32.1. The first-order valence-corrected chi connectivity index (χ1v) is 8.55. The summed E-state index contributed by atoms with van der Waals surface area (Å²) in [7, 11) is 3.08. The van der Waals surface area contributed by atoms with E-state index in [1.165, 1.54) is 11.3 Å². The highest BCUT2D eigenvalue weighted by Gasteiger charge is 2.11. The zero-order valence-corrected chi connectivity index (χ0v) is 15.0. The number of carbonyl (C=O) groups is 1. The Kier molecular flexibility index (Phi) is 5.69. The van der Waals surface area contributed by atoms with Gasteiger partial charge in [-0.15, -0.1) is 11.3 Å². The molecule has 0 aliphatic carbocycles. The van der Waals surface area contributed by atoms with Crippen LogP contribution in [0.25, 0.3) is 10.7 Å². The van der Waals surface area contributed by atoms with Crippen molar-refractivity contribution in [2.24, 2.45) is 0 Å². The molecule has 1 amide bonds. The minimum Gasteiger partial charge on any atom is -0.496 e. The molecule has 0 fully saturated rings. The lowest BCUT2D eigenvalue weighted by atomic mass is 10.3. The van der Waals surface area contributed by atoms with Crippen LogP contribution in [0.1, 0.15) is 5.89 Å². The maximum atomic E-state index is 11.9. The van der Waals surface area contributed by atoms with Crippen molar-refractivity contribution in [3.63, 3.8) is 0 Å². The summed E-state index contributed by atoms with van der Waals surface area (Å²) in [6.45, 7) is -0.0375. The van der Waals surface area contributed by atoms with Gasteiger partial charge in [-0.2, -0.15) is 4.98 Å². The van der Waals surface area contributed by atoms with Gasteiger partial charge in [0.25, 0.3) is 5.91 Å². The maximum Gasteiger partial charge on any atom is 0.258 e. The van der Waals surface area contributed by atoms with Crippen molar-refractivity contribution < 1.29 is 23.5 Å². The quantitative estimate of drug-likeness (QED) is 0.646. The topological polar surface area (TPSA) is 95.7 Å². The van der Waals surface area contributed by atoms with Crippen molar-refractivity contribution in [2.75, 3.05) is 20.8 Å². The van der Waals surface area contributed by atoms with Gasteiger partial charge in [-0.05, 0) is 11.4 Å². The molecule has 2 heterocycles. The molecule has 9 heteroatoms. The molecule has 1 N–H and O–H groups in total. The summed E-state index contributed by atoms with van der Waals surface area (Å²) in [5, 5.41) is 8.48. The van der Waals surface area contributed by atoms with Crippen molar-refractivity contribution in [1.29, 1.82) is 0 Å². The van der Waals surface area contributed by atoms with E-state index < -0.39 is 0 Å². The average molecular weight is 375 g/mol. The Bertz CT molecular complexity index is 841. The molecule has 0 radical (unpaired) electrons. The average Bonchev–Trinajstić information content (AvgIpc) is 3.35. The van der Waals surface area contributed by atoms with Crippen LogP contribution in [0.15, 0.2) is 40.2 Å². The molecule has 8 nitrogen and oxygen atoms in total. The fourth-order valence-electron chi connectivity index (χ4n) is 2.07. The Hall–Kier alpha value is -3.07. The molecule has 0 aliphatic heterocycles. The van der Waals surface area contributed by atoms with E-state index in [1.807, 2.05) is 17.5 Å². The van der Waals surface area contributed by atoms with Gasteiger partial charge in [0.05, 0.1) is 25.6 Å². The van der Waals surface area contributed by atoms with Crippen molar-refractivity contribution in [3.8, 4) is 28.0 Å². The molecule has 1 aromatic carbocycles. The molecule has 3 rings (SSSR count). The minimum absolute atomic E-state index is 0.127. The minimum atomic E-state index is -0.317. The lowest BCUT2D eigenvalue weighted by molar-refractivity contribution is -0.123. The Labute approximate surface area is 153 Å². The summed E-state index contributed by atoms with van der Waals surface area (Å²) in [5.74, 6) is 2.13. The third-order valence-corrected chi connectivity index (χ3v) is 4.21. The van der Waals surface area contributed by atoms with Gasteiger partial charge in [-0.25, -0.2) is 0 Å². The second-order valence-corrected chi connectivity index (χ2v) is 6.05. The number of nitrogens with zero attached hydrogens (tertiary/aromatic N) is 2. The summed E-state index contributed by atoms with van der Waals surface area (Å²) in [4.78, 5) is 17.1. The predicted molar refractivity (Wildman–Crippen MR) is 94.5 cm³/mol. The number of ether oxygens (including phenoxy) is 3. The summed E-state index contributed by atoms with van der Waals surface area (Å²) >= 11 is 1.51. The first-order chi connectivity index (χ1) is 12.7. The van der Waals surface area contributed by atoms with Crippen LogP contribution in [0.3, 0.4) is 0 Å². The first-order valence-electron chi connectivity index (χ1n) is 7.67. The van der Waals surface area contributed by atoms with Gasteiger partial charge in [0.1, 0.15) is 17.2 Å². The number of hydrogen-bond acceptors (Lipinski definition) is 8. The number of nitrogens with one attached hydrogen (secondary N) is 1. The van der Waals surface area contributed by atoms with E-state index in [2.05, 4.69) is 15.5 Å². The van der Waals surface area contributed by atoms with Gasteiger partial charge in [0.15, 0.2) is 6.61 Å². The summed E-state index contributed by atoms with van der Waals surface area (Å²) in [6.07, 6.45) is 0. The lowest BCUT2D eigenvalue weighted by Gasteiger charge is -2.10. The molecule has 136 valence electrons. The standard InChI is InChI=1S/C17H17N3O5S/c1-22-11-6-12(23-2)8-13(7-11)24-10-15(21)18-9-16-19-17(20-25-16)14-4-3-5-26-14/h3-8H,9-10H2,1-2H3,(H,18,21). The summed E-state index contributed by atoms with van der Waals surface area (Å²) in [6, 6.07) is 8.85. The molecule has 0 unspecified atom stereocenters. The third-order valence-electron chi connectivity index (χ3n) is 3.34. The molecule has 26 heavy (non-hydrogen) atoms. The molecule has 0 saturated heterocycles. The van der Waals surface area contributed by atoms with Crippen LogP contribution in [0, 0.1) is 0 Å². The fourth-order valence-corrected chi connectivity index (χ4v) is 2.72. The third kappa shape index (κ3) is 4.51. The largest absolute Gasteiger partial charge is 0.496 e. The molecule has 0 saturated carbocycles. The monoisotopic (exact) mass is 375 g/mol. The number of amides is 1. The van der Waals surface area contributed by atoms with Crippen LogP contribution in [0.5, 0.6) is 17.2 Å².